The van der Waals surface area contributed by atoms with Crippen LogP contribution in [0.15, 0.2) is 34.9 Å². The Morgan fingerprint density at radius 3 is 2.75 bits per heavy atom. The fourth-order valence-corrected chi connectivity index (χ4v) is 1.57. The predicted molar refractivity (Wildman–Crippen MR) is 61.3 cm³/mol. The molecule has 0 aliphatic carbocycles. The Bertz CT molecular complexity index is 514. The monoisotopic (exact) mass is 215 g/mol. The summed E-state index contributed by atoms with van der Waals surface area (Å²) in [5.74, 6) is 0.537. The normalized spacial score (nSPS) is 10.4. The van der Waals surface area contributed by atoms with Crippen molar-refractivity contribution in [3.63, 3.8) is 0 Å². The SMILES string of the molecule is CCc1coc(-c2ccccc2C(C)=O)n1. The molecule has 1 aromatic heterocycles. The minimum Gasteiger partial charge on any atom is -0.444 e. The van der Waals surface area contributed by atoms with Gasteiger partial charge in [0.15, 0.2) is 5.78 Å². The Morgan fingerprint density at radius 1 is 1.38 bits per heavy atom. The first kappa shape index (κ1) is 10.6. The van der Waals surface area contributed by atoms with E-state index in [0.717, 1.165) is 17.7 Å². The Kier molecular flexibility index (Phi) is 2.86. The first-order valence-corrected chi connectivity index (χ1v) is 5.27. The molecule has 0 aliphatic rings. The highest BCUT2D eigenvalue weighted by molar-refractivity contribution is 5.99. The molecular weight excluding hydrogens is 202 g/mol. The van der Waals surface area contributed by atoms with E-state index >= 15 is 0 Å². The van der Waals surface area contributed by atoms with Crippen molar-refractivity contribution in [2.24, 2.45) is 0 Å². The van der Waals surface area contributed by atoms with Crippen molar-refractivity contribution in [3.05, 3.63) is 41.8 Å². The molecule has 0 spiro atoms. The van der Waals surface area contributed by atoms with Crippen LogP contribution in [0.2, 0.25) is 0 Å². The number of hydrogen-bond acceptors (Lipinski definition) is 3. The van der Waals surface area contributed by atoms with E-state index in [1.165, 1.54) is 0 Å². The smallest absolute Gasteiger partial charge is 0.226 e. The lowest BCUT2D eigenvalue weighted by Crippen LogP contribution is -1.95. The highest BCUT2D eigenvalue weighted by Gasteiger charge is 2.12. The lowest BCUT2D eigenvalue weighted by molar-refractivity contribution is 0.101. The van der Waals surface area contributed by atoms with Crippen LogP contribution in [-0.2, 0) is 6.42 Å². The van der Waals surface area contributed by atoms with E-state index in [-0.39, 0.29) is 5.78 Å². The number of ketones is 1. The Hall–Kier alpha value is -1.90. The van der Waals surface area contributed by atoms with Gasteiger partial charge in [0.05, 0.1) is 5.69 Å². The first-order chi connectivity index (χ1) is 7.72. The third-order valence-electron chi connectivity index (χ3n) is 2.45. The summed E-state index contributed by atoms with van der Waals surface area (Å²) in [4.78, 5) is 15.8. The molecule has 2 rings (SSSR count). The first-order valence-electron chi connectivity index (χ1n) is 5.27. The molecule has 0 saturated carbocycles. The molecule has 0 amide bonds. The average Bonchev–Trinajstić information content (AvgIpc) is 2.77. The van der Waals surface area contributed by atoms with Crippen LogP contribution in [-0.4, -0.2) is 10.8 Å². The van der Waals surface area contributed by atoms with Crippen LogP contribution in [0.3, 0.4) is 0 Å². The van der Waals surface area contributed by atoms with Crippen LogP contribution >= 0.6 is 0 Å². The van der Waals surface area contributed by atoms with Gasteiger partial charge in [-0.15, -0.1) is 0 Å². The zero-order chi connectivity index (χ0) is 11.5. The minimum atomic E-state index is 0.0202. The van der Waals surface area contributed by atoms with E-state index in [2.05, 4.69) is 4.98 Å². The van der Waals surface area contributed by atoms with Crippen molar-refractivity contribution in [3.8, 4) is 11.5 Å². The summed E-state index contributed by atoms with van der Waals surface area (Å²) in [5.41, 5.74) is 2.30. The maximum atomic E-state index is 11.4. The molecule has 0 radical (unpaired) electrons. The topological polar surface area (TPSA) is 43.1 Å². The summed E-state index contributed by atoms with van der Waals surface area (Å²) in [6.07, 6.45) is 2.46. The van der Waals surface area contributed by atoms with Crippen molar-refractivity contribution in [1.82, 2.24) is 4.98 Å². The third kappa shape index (κ3) is 1.89. The Labute approximate surface area is 94.1 Å². The van der Waals surface area contributed by atoms with Crippen molar-refractivity contribution in [1.29, 1.82) is 0 Å². The second-order valence-corrected chi connectivity index (χ2v) is 3.60. The molecule has 16 heavy (non-hydrogen) atoms. The van der Waals surface area contributed by atoms with Crippen LogP contribution in [0.5, 0.6) is 0 Å². The van der Waals surface area contributed by atoms with Crippen molar-refractivity contribution >= 4 is 5.78 Å². The van der Waals surface area contributed by atoms with E-state index in [9.17, 15) is 4.79 Å². The highest BCUT2D eigenvalue weighted by Crippen LogP contribution is 2.23. The number of aromatic nitrogens is 1. The number of benzene rings is 1. The summed E-state index contributed by atoms with van der Waals surface area (Å²) in [6.45, 7) is 3.56. The van der Waals surface area contributed by atoms with Gasteiger partial charge in [-0.05, 0) is 19.4 Å². The van der Waals surface area contributed by atoms with Gasteiger partial charge < -0.3 is 4.42 Å². The molecule has 0 saturated heterocycles. The van der Waals surface area contributed by atoms with Crippen LogP contribution in [0.25, 0.3) is 11.5 Å². The zero-order valence-corrected chi connectivity index (χ0v) is 9.36. The van der Waals surface area contributed by atoms with Gasteiger partial charge in [-0.25, -0.2) is 4.98 Å². The molecule has 0 unspecified atom stereocenters. The van der Waals surface area contributed by atoms with Gasteiger partial charge in [0.2, 0.25) is 5.89 Å². The molecule has 1 heterocycles. The maximum Gasteiger partial charge on any atom is 0.226 e. The van der Waals surface area contributed by atoms with Crippen LogP contribution in [0, 0.1) is 0 Å². The second kappa shape index (κ2) is 4.31. The second-order valence-electron chi connectivity index (χ2n) is 3.60. The molecule has 0 aliphatic heterocycles. The number of carbonyl (C=O) groups excluding carboxylic acids is 1. The fraction of sp³-hybridized carbons (Fsp3) is 0.231. The number of carbonyl (C=O) groups is 1. The highest BCUT2D eigenvalue weighted by atomic mass is 16.3. The number of hydrogen-bond donors (Lipinski definition) is 0. The molecule has 0 N–H and O–H groups in total. The fourth-order valence-electron chi connectivity index (χ4n) is 1.57. The molecule has 3 heteroatoms. The zero-order valence-electron chi connectivity index (χ0n) is 9.36. The Morgan fingerprint density at radius 2 is 2.12 bits per heavy atom. The third-order valence-corrected chi connectivity index (χ3v) is 2.45. The van der Waals surface area contributed by atoms with E-state index in [1.54, 1.807) is 19.3 Å². The Balaban J connectivity index is 2.50. The van der Waals surface area contributed by atoms with E-state index in [4.69, 9.17) is 4.42 Å². The maximum absolute atomic E-state index is 11.4. The predicted octanol–water partition coefficient (Wildman–Crippen LogP) is 3.11. The van der Waals surface area contributed by atoms with Crippen molar-refractivity contribution in [2.75, 3.05) is 0 Å². The van der Waals surface area contributed by atoms with Crippen LogP contribution < -0.4 is 0 Å². The molecule has 82 valence electrons. The van der Waals surface area contributed by atoms with Gasteiger partial charge in [0.25, 0.3) is 0 Å². The molecule has 0 bridgehead atoms. The van der Waals surface area contributed by atoms with E-state index < -0.39 is 0 Å². The summed E-state index contributed by atoms with van der Waals surface area (Å²) >= 11 is 0. The molecule has 0 atom stereocenters. The molecule has 3 nitrogen and oxygen atoms in total. The molecule has 2 aromatic rings. The molecular formula is C13H13NO2. The van der Waals surface area contributed by atoms with Gasteiger partial charge in [-0.1, -0.05) is 25.1 Å². The summed E-state index contributed by atoms with van der Waals surface area (Å²) < 4.78 is 5.37. The standard InChI is InChI=1S/C13H13NO2/c1-3-10-8-16-13(14-10)12-7-5-4-6-11(12)9(2)15/h4-8H,3H2,1-2H3. The molecule has 0 fully saturated rings. The summed E-state index contributed by atoms with van der Waals surface area (Å²) in [6, 6.07) is 7.34. The van der Waals surface area contributed by atoms with Gasteiger partial charge >= 0.3 is 0 Å². The lowest BCUT2D eigenvalue weighted by Gasteiger charge is -2.01. The quantitative estimate of drug-likeness (QED) is 0.739. The number of rotatable bonds is 3. The largest absolute Gasteiger partial charge is 0.444 e. The lowest BCUT2D eigenvalue weighted by atomic mass is 10.0. The van der Waals surface area contributed by atoms with Gasteiger partial charge in [0, 0.05) is 11.1 Å². The number of oxazole rings is 1. The van der Waals surface area contributed by atoms with E-state index in [1.807, 2.05) is 25.1 Å². The summed E-state index contributed by atoms with van der Waals surface area (Å²) in [5, 5.41) is 0. The average molecular weight is 215 g/mol. The van der Waals surface area contributed by atoms with Gasteiger partial charge in [-0.2, -0.15) is 0 Å². The number of Topliss-reactive ketones (excluding diaryl/α,β-unsaturated/α-hetero) is 1. The minimum absolute atomic E-state index is 0.0202. The van der Waals surface area contributed by atoms with Gasteiger partial charge in [0.1, 0.15) is 6.26 Å². The van der Waals surface area contributed by atoms with Crippen molar-refractivity contribution in [2.45, 2.75) is 20.3 Å². The van der Waals surface area contributed by atoms with E-state index in [0.29, 0.717) is 11.5 Å². The van der Waals surface area contributed by atoms with Crippen LogP contribution in [0.4, 0.5) is 0 Å². The summed E-state index contributed by atoms with van der Waals surface area (Å²) in [7, 11) is 0. The number of aryl methyl sites for hydroxylation is 1. The van der Waals surface area contributed by atoms with Gasteiger partial charge in [-0.3, -0.25) is 4.79 Å². The van der Waals surface area contributed by atoms with Crippen molar-refractivity contribution < 1.29 is 9.21 Å². The van der Waals surface area contributed by atoms with Crippen LogP contribution in [0.1, 0.15) is 29.9 Å². The number of nitrogens with zero attached hydrogens (tertiary/aromatic N) is 1. The molecule has 1 aromatic carbocycles.